The average molecular weight is 244 g/mol. The minimum atomic E-state index is 0.698. The molecule has 0 spiro atoms. The molecule has 4 unspecified atom stereocenters. The fraction of sp³-hybridized carbons (Fsp3) is 0.667. The molecule has 100 valence electrons. The molecule has 0 N–H and O–H groups in total. The van der Waals surface area contributed by atoms with E-state index in [0.29, 0.717) is 11.8 Å². The minimum absolute atomic E-state index is 0.698. The monoisotopic (exact) mass is 244 g/mol. The zero-order valence-electron chi connectivity index (χ0n) is 13.3. The van der Waals surface area contributed by atoms with Crippen LogP contribution in [0.1, 0.15) is 72.9 Å². The van der Waals surface area contributed by atoms with Crippen LogP contribution in [0.25, 0.3) is 0 Å². The van der Waals surface area contributed by atoms with Gasteiger partial charge in [-0.3, -0.25) is 0 Å². The molecule has 0 aromatic heterocycles. The predicted molar refractivity (Wildman–Crippen MR) is 80.5 cm³/mol. The maximum atomic E-state index is 2.43. The lowest BCUT2D eigenvalue weighted by Gasteiger charge is -2.41. The summed E-state index contributed by atoms with van der Waals surface area (Å²) >= 11 is 0. The van der Waals surface area contributed by atoms with Crippen LogP contribution in [0.2, 0.25) is 0 Å². The van der Waals surface area contributed by atoms with Crippen molar-refractivity contribution < 1.29 is 0 Å². The summed E-state index contributed by atoms with van der Waals surface area (Å²) in [5.41, 5.74) is 9.43. The third-order valence-electron chi connectivity index (χ3n) is 6.10. The smallest absolute Gasteiger partial charge is 0.0156 e. The molecule has 1 aliphatic carbocycles. The molecule has 0 nitrogen and oxygen atoms in total. The van der Waals surface area contributed by atoms with Gasteiger partial charge in [0.1, 0.15) is 0 Å². The van der Waals surface area contributed by atoms with Crippen molar-refractivity contribution in [3.8, 4) is 0 Å². The highest BCUT2D eigenvalue weighted by Gasteiger charge is 2.36. The first kappa shape index (κ1) is 13.6. The Kier molecular flexibility index (Phi) is 3.34. The maximum Gasteiger partial charge on any atom is -0.0156 e. The van der Waals surface area contributed by atoms with E-state index in [9.17, 15) is 0 Å². The van der Waals surface area contributed by atoms with Gasteiger partial charge in [0.15, 0.2) is 0 Å². The number of benzene rings is 1. The highest BCUT2D eigenvalue weighted by atomic mass is 14.4. The van der Waals surface area contributed by atoms with Crippen LogP contribution in [-0.4, -0.2) is 0 Å². The SMILES string of the molecule is Cc1c(C)c(C)c2c(c1C)C(C)C(C)C(C)C2C. The fourth-order valence-electron chi connectivity index (χ4n) is 3.98. The lowest BCUT2D eigenvalue weighted by Crippen LogP contribution is -2.29. The molecule has 1 aromatic rings. The first-order valence-electron chi connectivity index (χ1n) is 7.39. The molecule has 0 bridgehead atoms. The van der Waals surface area contributed by atoms with Gasteiger partial charge in [-0.05, 0) is 84.7 Å². The van der Waals surface area contributed by atoms with Gasteiger partial charge in [-0.25, -0.2) is 0 Å². The topological polar surface area (TPSA) is 0 Å². The molecule has 0 fully saturated rings. The van der Waals surface area contributed by atoms with Crippen molar-refractivity contribution in [2.45, 2.75) is 67.2 Å². The molecule has 18 heavy (non-hydrogen) atoms. The van der Waals surface area contributed by atoms with Crippen molar-refractivity contribution in [3.05, 3.63) is 33.4 Å². The highest BCUT2D eigenvalue weighted by molar-refractivity contribution is 5.54. The Morgan fingerprint density at radius 1 is 0.500 bits per heavy atom. The molecule has 0 heteroatoms. The van der Waals surface area contributed by atoms with Crippen LogP contribution in [0.3, 0.4) is 0 Å². The Bertz CT molecular complexity index is 437. The molecule has 0 aliphatic heterocycles. The molecular formula is C18H28. The Labute approximate surface area is 113 Å². The molecule has 1 aromatic carbocycles. The standard InChI is InChI=1S/C18H28/c1-9-10(2)14(6)18-16(8)12(4)11(3)15(7)17(18)13(9)5/h9-10,13-14H,1-8H3. The largest absolute Gasteiger partial charge is 0.0617 e. The van der Waals surface area contributed by atoms with E-state index >= 15 is 0 Å². The summed E-state index contributed by atoms with van der Waals surface area (Å²) in [6, 6.07) is 0. The summed E-state index contributed by atoms with van der Waals surface area (Å²) in [5.74, 6) is 2.97. The predicted octanol–water partition coefficient (Wildman–Crippen LogP) is 5.41. The Balaban J connectivity index is 2.80. The Morgan fingerprint density at radius 2 is 0.778 bits per heavy atom. The average Bonchev–Trinajstić information content (AvgIpc) is 2.35. The van der Waals surface area contributed by atoms with Gasteiger partial charge in [-0.1, -0.05) is 27.7 Å². The lowest BCUT2D eigenvalue weighted by molar-refractivity contribution is 0.271. The molecule has 0 radical (unpaired) electrons. The van der Waals surface area contributed by atoms with Crippen LogP contribution in [0, 0.1) is 39.5 Å². The first-order chi connectivity index (χ1) is 8.29. The third kappa shape index (κ3) is 1.65. The van der Waals surface area contributed by atoms with Crippen LogP contribution in [0.4, 0.5) is 0 Å². The summed E-state index contributed by atoms with van der Waals surface area (Å²) in [5, 5.41) is 0. The summed E-state index contributed by atoms with van der Waals surface area (Å²) in [6.07, 6.45) is 0. The van der Waals surface area contributed by atoms with E-state index in [2.05, 4.69) is 55.4 Å². The second kappa shape index (κ2) is 4.40. The van der Waals surface area contributed by atoms with E-state index in [4.69, 9.17) is 0 Å². The summed E-state index contributed by atoms with van der Waals surface area (Å²) in [6.45, 7) is 18.9. The Hall–Kier alpha value is -0.780. The van der Waals surface area contributed by atoms with Gasteiger partial charge in [-0.15, -0.1) is 0 Å². The minimum Gasteiger partial charge on any atom is -0.0617 e. The molecule has 4 atom stereocenters. The van der Waals surface area contributed by atoms with Crippen molar-refractivity contribution in [1.29, 1.82) is 0 Å². The third-order valence-corrected chi connectivity index (χ3v) is 6.10. The van der Waals surface area contributed by atoms with E-state index < -0.39 is 0 Å². The highest BCUT2D eigenvalue weighted by Crippen LogP contribution is 2.49. The molecule has 0 heterocycles. The zero-order chi connectivity index (χ0) is 13.8. The molecule has 0 saturated heterocycles. The lowest BCUT2D eigenvalue weighted by atomic mass is 9.63. The van der Waals surface area contributed by atoms with Crippen LogP contribution in [0.15, 0.2) is 0 Å². The van der Waals surface area contributed by atoms with E-state index in [1.807, 2.05) is 0 Å². The van der Waals surface area contributed by atoms with Gasteiger partial charge in [0, 0.05) is 0 Å². The van der Waals surface area contributed by atoms with Gasteiger partial charge in [0.2, 0.25) is 0 Å². The first-order valence-corrected chi connectivity index (χ1v) is 7.39. The van der Waals surface area contributed by atoms with Crippen LogP contribution >= 0.6 is 0 Å². The summed E-state index contributed by atoms with van der Waals surface area (Å²) < 4.78 is 0. The molecular weight excluding hydrogens is 216 g/mol. The van der Waals surface area contributed by atoms with Crippen molar-refractivity contribution >= 4 is 0 Å². The quantitative estimate of drug-likeness (QED) is 0.572. The van der Waals surface area contributed by atoms with Crippen molar-refractivity contribution in [2.75, 3.05) is 0 Å². The van der Waals surface area contributed by atoms with E-state index in [1.54, 1.807) is 22.3 Å². The fourth-order valence-corrected chi connectivity index (χ4v) is 3.98. The number of hydrogen-bond donors (Lipinski definition) is 0. The van der Waals surface area contributed by atoms with Gasteiger partial charge < -0.3 is 0 Å². The van der Waals surface area contributed by atoms with Gasteiger partial charge in [0.05, 0.1) is 0 Å². The van der Waals surface area contributed by atoms with Gasteiger partial charge in [0.25, 0.3) is 0 Å². The van der Waals surface area contributed by atoms with Crippen molar-refractivity contribution in [3.63, 3.8) is 0 Å². The Morgan fingerprint density at radius 3 is 1.06 bits per heavy atom. The summed E-state index contributed by atoms with van der Waals surface area (Å²) in [7, 11) is 0. The maximum absolute atomic E-state index is 2.43. The zero-order valence-corrected chi connectivity index (χ0v) is 13.3. The molecule has 0 amide bonds. The normalized spacial score (nSPS) is 31.3. The van der Waals surface area contributed by atoms with Crippen LogP contribution in [0.5, 0.6) is 0 Å². The molecule has 1 aliphatic rings. The van der Waals surface area contributed by atoms with E-state index in [-0.39, 0.29) is 0 Å². The van der Waals surface area contributed by atoms with Crippen LogP contribution < -0.4 is 0 Å². The van der Waals surface area contributed by atoms with E-state index in [1.165, 1.54) is 11.1 Å². The van der Waals surface area contributed by atoms with Gasteiger partial charge in [-0.2, -0.15) is 0 Å². The number of hydrogen-bond acceptors (Lipinski definition) is 0. The van der Waals surface area contributed by atoms with Crippen molar-refractivity contribution in [2.24, 2.45) is 11.8 Å². The molecule has 0 saturated carbocycles. The summed E-state index contributed by atoms with van der Waals surface area (Å²) in [4.78, 5) is 0. The van der Waals surface area contributed by atoms with Crippen molar-refractivity contribution in [1.82, 2.24) is 0 Å². The number of fused-ring (bicyclic) bond motifs is 1. The second-order valence-electron chi connectivity index (χ2n) is 6.62. The van der Waals surface area contributed by atoms with Gasteiger partial charge >= 0.3 is 0 Å². The second-order valence-corrected chi connectivity index (χ2v) is 6.62. The van der Waals surface area contributed by atoms with Crippen LogP contribution in [-0.2, 0) is 0 Å². The van der Waals surface area contributed by atoms with E-state index in [0.717, 1.165) is 11.8 Å². The number of rotatable bonds is 0. The molecule has 2 rings (SSSR count).